The fourth-order valence-electron chi connectivity index (χ4n) is 2.04. The van der Waals surface area contributed by atoms with Gasteiger partial charge in [0.05, 0.1) is 0 Å². The summed E-state index contributed by atoms with van der Waals surface area (Å²) in [7, 11) is 0. The van der Waals surface area contributed by atoms with E-state index in [1.807, 2.05) is 18.2 Å². The van der Waals surface area contributed by atoms with Crippen LogP contribution < -0.4 is 5.32 Å². The Hall–Kier alpha value is -0.570. The van der Waals surface area contributed by atoms with Gasteiger partial charge < -0.3 is 5.32 Å². The fraction of sp³-hybridized carbons (Fsp3) is 0.583. The van der Waals surface area contributed by atoms with Gasteiger partial charge in [0.25, 0.3) is 0 Å². The van der Waals surface area contributed by atoms with E-state index in [0.29, 0.717) is 0 Å². The Morgan fingerprint density at radius 3 is 2.67 bits per heavy atom. The van der Waals surface area contributed by atoms with Crippen LogP contribution in [-0.4, -0.2) is 10.5 Å². The Morgan fingerprint density at radius 1 is 1.40 bits per heavy atom. The second-order valence-corrected chi connectivity index (χ2v) is 5.63. The summed E-state index contributed by atoms with van der Waals surface area (Å²) in [5.41, 5.74) is 0.159. The van der Waals surface area contributed by atoms with Gasteiger partial charge in [0.2, 0.25) is 0 Å². The van der Waals surface area contributed by atoms with Crippen molar-refractivity contribution >= 4 is 21.7 Å². The van der Waals surface area contributed by atoms with Gasteiger partial charge in [-0.25, -0.2) is 4.98 Å². The van der Waals surface area contributed by atoms with Crippen molar-refractivity contribution in [2.45, 2.75) is 38.6 Å². The minimum absolute atomic E-state index is 0.159. The van der Waals surface area contributed by atoms with E-state index >= 15 is 0 Å². The predicted molar refractivity (Wildman–Crippen MR) is 67.0 cm³/mol. The highest BCUT2D eigenvalue weighted by Gasteiger charge is 2.33. The van der Waals surface area contributed by atoms with Crippen LogP contribution in [0.25, 0.3) is 0 Å². The first kappa shape index (κ1) is 10.9. The molecular weight excluding hydrogens is 252 g/mol. The van der Waals surface area contributed by atoms with Crippen molar-refractivity contribution in [2.75, 3.05) is 5.32 Å². The summed E-state index contributed by atoms with van der Waals surface area (Å²) in [5.74, 6) is 1.75. The SMILES string of the molecule is CC(C)(Nc1cccc(Br)n1)C1CCC1. The van der Waals surface area contributed by atoms with E-state index in [9.17, 15) is 0 Å². The average molecular weight is 269 g/mol. The molecule has 15 heavy (non-hydrogen) atoms. The highest BCUT2D eigenvalue weighted by atomic mass is 79.9. The minimum Gasteiger partial charge on any atom is -0.365 e. The first-order chi connectivity index (χ1) is 7.08. The van der Waals surface area contributed by atoms with Gasteiger partial charge in [0, 0.05) is 5.54 Å². The summed E-state index contributed by atoms with van der Waals surface area (Å²) >= 11 is 3.39. The van der Waals surface area contributed by atoms with Crippen LogP contribution in [-0.2, 0) is 0 Å². The lowest BCUT2D eigenvalue weighted by Crippen LogP contribution is -2.43. The minimum atomic E-state index is 0.159. The van der Waals surface area contributed by atoms with Gasteiger partial charge >= 0.3 is 0 Å². The molecule has 1 heterocycles. The van der Waals surface area contributed by atoms with Crippen LogP contribution in [0.2, 0.25) is 0 Å². The Balaban J connectivity index is 2.06. The molecule has 1 aromatic rings. The van der Waals surface area contributed by atoms with Crippen molar-refractivity contribution < 1.29 is 0 Å². The molecule has 0 amide bonds. The molecule has 0 atom stereocenters. The second kappa shape index (κ2) is 4.12. The lowest BCUT2D eigenvalue weighted by atomic mass is 9.72. The third-order valence-electron chi connectivity index (χ3n) is 3.29. The molecule has 2 rings (SSSR count). The number of anilines is 1. The third kappa shape index (κ3) is 2.51. The molecule has 0 aromatic carbocycles. The van der Waals surface area contributed by atoms with Crippen LogP contribution in [0.15, 0.2) is 22.8 Å². The van der Waals surface area contributed by atoms with Gasteiger partial charge in [-0.1, -0.05) is 12.5 Å². The first-order valence-corrected chi connectivity index (χ1v) is 6.28. The molecule has 1 fully saturated rings. The van der Waals surface area contributed by atoms with Crippen molar-refractivity contribution in [3.63, 3.8) is 0 Å². The molecule has 3 heteroatoms. The van der Waals surface area contributed by atoms with Crippen LogP contribution in [0, 0.1) is 5.92 Å². The van der Waals surface area contributed by atoms with Gasteiger partial charge in [0.1, 0.15) is 10.4 Å². The maximum atomic E-state index is 4.40. The monoisotopic (exact) mass is 268 g/mol. The maximum absolute atomic E-state index is 4.40. The van der Waals surface area contributed by atoms with Crippen LogP contribution in [0.1, 0.15) is 33.1 Å². The summed E-state index contributed by atoms with van der Waals surface area (Å²) in [6.45, 7) is 4.53. The van der Waals surface area contributed by atoms with Crippen molar-refractivity contribution in [1.29, 1.82) is 0 Å². The Bertz CT molecular complexity index is 345. The quantitative estimate of drug-likeness (QED) is 0.843. The van der Waals surface area contributed by atoms with Crippen molar-refractivity contribution in [3.8, 4) is 0 Å². The molecule has 0 bridgehead atoms. The Labute approximate surface area is 99.6 Å². The van der Waals surface area contributed by atoms with E-state index in [-0.39, 0.29) is 5.54 Å². The molecular formula is C12H17BrN2. The number of halogens is 1. The molecule has 1 aliphatic rings. The van der Waals surface area contributed by atoms with Crippen molar-refractivity contribution in [3.05, 3.63) is 22.8 Å². The van der Waals surface area contributed by atoms with E-state index in [2.05, 4.69) is 40.1 Å². The molecule has 0 radical (unpaired) electrons. The number of pyridine rings is 1. The molecule has 1 aromatic heterocycles. The zero-order chi connectivity index (χ0) is 10.9. The van der Waals surface area contributed by atoms with Gasteiger partial charge in [-0.2, -0.15) is 0 Å². The summed E-state index contributed by atoms with van der Waals surface area (Å²) < 4.78 is 0.886. The van der Waals surface area contributed by atoms with Crippen LogP contribution >= 0.6 is 15.9 Å². The normalized spacial score (nSPS) is 17.3. The van der Waals surface area contributed by atoms with Gasteiger partial charge in [-0.15, -0.1) is 0 Å². The number of nitrogens with one attached hydrogen (secondary N) is 1. The van der Waals surface area contributed by atoms with Gasteiger partial charge in [-0.3, -0.25) is 0 Å². The van der Waals surface area contributed by atoms with E-state index in [1.165, 1.54) is 19.3 Å². The summed E-state index contributed by atoms with van der Waals surface area (Å²) in [4.78, 5) is 4.40. The van der Waals surface area contributed by atoms with E-state index < -0.39 is 0 Å². The van der Waals surface area contributed by atoms with Crippen LogP contribution in [0.4, 0.5) is 5.82 Å². The molecule has 2 nitrogen and oxygen atoms in total. The van der Waals surface area contributed by atoms with Crippen molar-refractivity contribution in [2.24, 2.45) is 5.92 Å². The molecule has 1 aliphatic carbocycles. The van der Waals surface area contributed by atoms with Crippen molar-refractivity contribution in [1.82, 2.24) is 4.98 Å². The lowest BCUT2D eigenvalue weighted by molar-refractivity contribution is 0.215. The van der Waals surface area contributed by atoms with E-state index in [1.54, 1.807) is 0 Å². The Kier molecular flexibility index (Phi) is 3.01. The number of rotatable bonds is 3. The topological polar surface area (TPSA) is 24.9 Å². The predicted octanol–water partition coefficient (Wildman–Crippen LogP) is 3.83. The molecule has 1 N–H and O–H groups in total. The van der Waals surface area contributed by atoms with Gasteiger partial charge in [-0.05, 0) is 60.7 Å². The smallest absolute Gasteiger partial charge is 0.127 e. The maximum Gasteiger partial charge on any atom is 0.127 e. The number of hydrogen-bond acceptors (Lipinski definition) is 2. The molecule has 0 unspecified atom stereocenters. The number of hydrogen-bond donors (Lipinski definition) is 1. The van der Waals surface area contributed by atoms with Crippen LogP contribution in [0.3, 0.4) is 0 Å². The highest BCUT2D eigenvalue weighted by molar-refractivity contribution is 9.10. The summed E-state index contributed by atoms with van der Waals surface area (Å²) in [6.07, 6.45) is 4.06. The Morgan fingerprint density at radius 2 is 2.13 bits per heavy atom. The number of aromatic nitrogens is 1. The zero-order valence-corrected chi connectivity index (χ0v) is 10.8. The van der Waals surface area contributed by atoms with E-state index in [4.69, 9.17) is 0 Å². The average Bonchev–Trinajstić information content (AvgIpc) is 1.97. The summed E-state index contributed by atoms with van der Waals surface area (Å²) in [5, 5.41) is 3.52. The summed E-state index contributed by atoms with van der Waals surface area (Å²) in [6, 6.07) is 5.98. The number of nitrogens with zero attached hydrogens (tertiary/aromatic N) is 1. The molecule has 0 aliphatic heterocycles. The lowest BCUT2D eigenvalue weighted by Gasteiger charge is -2.41. The highest BCUT2D eigenvalue weighted by Crippen LogP contribution is 2.37. The second-order valence-electron chi connectivity index (χ2n) is 4.82. The molecule has 82 valence electrons. The zero-order valence-electron chi connectivity index (χ0n) is 9.26. The van der Waals surface area contributed by atoms with Gasteiger partial charge in [0.15, 0.2) is 0 Å². The molecule has 1 saturated carbocycles. The fourth-order valence-corrected chi connectivity index (χ4v) is 2.38. The first-order valence-electron chi connectivity index (χ1n) is 5.49. The third-order valence-corrected chi connectivity index (χ3v) is 3.73. The van der Waals surface area contributed by atoms with E-state index in [0.717, 1.165) is 16.3 Å². The van der Waals surface area contributed by atoms with Crippen LogP contribution in [0.5, 0.6) is 0 Å². The largest absolute Gasteiger partial charge is 0.365 e. The molecule has 0 saturated heterocycles. The standard InChI is InChI=1S/C12H17BrN2/c1-12(2,9-5-3-6-9)15-11-8-4-7-10(13)14-11/h4,7-9H,3,5-6H2,1-2H3,(H,14,15). The molecule has 0 spiro atoms.